The van der Waals surface area contributed by atoms with E-state index in [1.807, 2.05) is 56.3 Å². The Balaban J connectivity index is 1.31. The highest BCUT2D eigenvalue weighted by Gasteiger charge is 2.09. The molecule has 32 heavy (non-hydrogen) atoms. The number of hydrogen-bond donors (Lipinski definition) is 1. The monoisotopic (exact) mass is 449 g/mol. The molecule has 0 aliphatic rings. The van der Waals surface area contributed by atoms with Crippen LogP contribution in [-0.4, -0.2) is 22.1 Å². The van der Waals surface area contributed by atoms with E-state index in [2.05, 4.69) is 10.3 Å². The van der Waals surface area contributed by atoms with E-state index in [0.29, 0.717) is 34.3 Å². The van der Waals surface area contributed by atoms with Crippen molar-refractivity contribution in [1.82, 2.24) is 9.56 Å². The number of aromatic nitrogens is 2. The number of carbonyl (C=O) groups is 1. The predicted octanol–water partition coefficient (Wildman–Crippen LogP) is 4.52. The molecule has 4 aromatic rings. The number of benzene rings is 2. The first-order chi connectivity index (χ1) is 15.4. The van der Waals surface area contributed by atoms with Gasteiger partial charge in [-0.05, 0) is 62.2 Å². The van der Waals surface area contributed by atoms with E-state index in [-0.39, 0.29) is 18.1 Å². The number of nitrogens with one attached hydrogen (secondary N) is 1. The highest BCUT2D eigenvalue weighted by atomic mass is 32.2. The van der Waals surface area contributed by atoms with E-state index in [9.17, 15) is 9.59 Å². The van der Waals surface area contributed by atoms with Crippen LogP contribution in [0.5, 0.6) is 5.75 Å². The molecule has 0 atom stereocenters. The van der Waals surface area contributed by atoms with Crippen LogP contribution in [0.4, 0.5) is 5.69 Å². The molecule has 0 saturated heterocycles. The van der Waals surface area contributed by atoms with Crippen molar-refractivity contribution in [3.8, 4) is 5.75 Å². The topological polar surface area (TPSA) is 85.8 Å². The molecule has 2 heterocycles. The van der Waals surface area contributed by atoms with Crippen LogP contribution in [0.25, 0.3) is 5.65 Å². The Hall–Kier alpha value is -3.52. The van der Waals surface area contributed by atoms with Gasteiger partial charge in [-0.2, -0.15) is 0 Å². The summed E-state index contributed by atoms with van der Waals surface area (Å²) in [6.07, 6.45) is 0. The van der Waals surface area contributed by atoms with Gasteiger partial charge < -0.3 is 14.6 Å². The number of fused-ring (bicyclic) bond motifs is 1. The van der Waals surface area contributed by atoms with Gasteiger partial charge in [-0.1, -0.05) is 12.1 Å². The molecule has 7 nitrogen and oxygen atoms in total. The maximum absolute atomic E-state index is 12.2. The Morgan fingerprint density at radius 3 is 2.69 bits per heavy atom. The molecule has 0 saturated carbocycles. The summed E-state index contributed by atoms with van der Waals surface area (Å²) < 4.78 is 12.1. The van der Waals surface area contributed by atoms with Gasteiger partial charge in [-0.25, -0.2) is 4.98 Å². The van der Waals surface area contributed by atoms with Crippen molar-refractivity contribution in [2.45, 2.75) is 31.4 Å². The number of nitrogens with zero attached hydrogens (tertiary/aromatic N) is 2. The lowest BCUT2D eigenvalue weighted by atomic mass is 10.1. The van der Waals surface area contributed by atoms with Crippen LogP contribution in [0.1, 0.15) is 22.6 Å². The second-order valence-electron chi connectivity index (χ2n) is 7.43. The second-order valence-corrected chi connectivity index (χ2v) is 8.48. The van der Waals surface area contributed by atoms with Gasteiger partial charge in [0.1, 0.15) is 11.5 Å². The fourth-order valence-corrected chi connectivity index (χ4v) is 3.95. The summed E-state index contributed by atoms with van der Waals surface area (Å²) in [4.78, 5) is 29.8. The van der Waals surface area contributed by atoms with Crippen LogP contribution in [0.15, 0.2) is 68.8 Å². The van der Waals surface area contributed by atoms with Crippen molar-refractivity contribution in [3.05, 3.63) is 87.5 Å². The van der Waals surface area contributed by atoms with Gasteiger partial charge in [0.05, 0.1) is 5.69 Å². The number of aryl methyl sites for hydroxylation is 2. The molecule has 0 aliphatic heterocycles. The Labute approximate surface area is 189 Å². The summed E-state index contributed by atoms with van der Waals surface area (Å²) in [7, 11) is 0. The van der Waals surface area contributed by atoms with Crippen LogP contribution in [-0.2, 0) is 10.5 Å². The first-order valence-corrected chi connectivity index (χ1v) is 11.1. The molecule has 1 N–H and O–H groups in total. The van der Waals surface area contributed by atoms with Crippen LogP contribution in [0.3, 0.4) is 0 Å². The molecule has 4 rings (SSSR count). The number of anilines is 1. The standard InChI is InChI=1S/C24H23N3O4S/c1-15-5-4-6-21(17(15)3)30-13-23(28)26-18-7-9-20(10-8-18)32-14-19-12-24(29)27-22(25-19)11-16(2)31-27/h4-12H,13-14H2,1-3H3,(H,26,28). The lowest BCUT2D eigenvalue weighted by Crippen LogP contribution is -2.20. The number of rotatable bonds is 7. The van der Waals surface area contributed by atoms with E-state index in [1.54, 1.807) is 24.8 Å². The number of carbonyl (C=O) groups excluding carboxylic acids is 1. The lowest BCUT2D eigenvalue weighted by molar-refractivity contribution is -0.118. The Bertz CT molecular complexity index is 1330. The Morgan fingerprint density at radius 1 is 1.12 bits per heavy atom. The van der Waals surface area contributed by atoms with Crippen LogP contribution < -0.4 is 15.6 Å². The molecule has 2 aromatic carbocycles. The van der Waals surface area contributed by atoms with Crippen molar-refractivity contribution >= 4 is 29.0 Å². The van der Waals surface area contributed by atoms with Gasteiger partial charge in [0, 0.05) is 28.5 Å². The number of ether oxygens (including phenoxy) is 1. The van der Waals surface area contributed by atoms with Gasteiger partial charge in [-0.15, -0.1) is 16.3 Å². The van der Waals surface area contributed by atoms with E-state index >= 15 is 0 Å². The van der Waals surface area contributed by atoms with Gasteiger partial charge >= 0.3 is 0 Å². The minimum atomic E-state index is -0.236. The molecule has 0 spiro atoms. The van der Waals surface area contributed by atoms with Crippen molar-refractivity contribution in [2.75, 3.05) is 11.9 Å². The molecule has 8 heteroatoms. The van der Waals surface area contributed by atoms with Crippen molar-refractivity contribution in [2.24, 2.45) is 0 Å². The summed E-state index contributed by atoms with van der Waals surface area (Å²) in [6, 6.07) is 16.5. The zero-order valence-corrected chi connectivity index (χ0v) is 18.9. The quantitative estimate of drug-likeness (QED) is 0.418. The molecule has 164 valence electrons. The summed E-state index contributed by atoms with van der Waals surface area (Å²) in [6.45, 7) is 5.70. The fourth-order valence-electron chi connectivity index (χ4n) is 3.16. The molecular weight excluding hydrogens is 426 g/mol. The van der Waals surface area contributed by atoms with Gasteiger partial charge in [0.2, 0.25) is 0 Å². The van der Waals surface area contributed by atoms with E-state index in [4.69, 9.17) is 9.26 Å². The number of hydrogen-bond acceptors (Lipinski definition) is 6. The fraction of sp³-hybridized carbons (Fsp3) is 0.208. The molecule has 0 radical (unpaired) electrons. The van der Waals surface area contributed by atoms with Crippen LogP contribution >= 0.6 is 11.8 Å². The van der Waals surface area contributed by atoms with Crippen molar-refractivity contribution in [3.63, 3.8) is 0 Å². The summed E-state index contributed by atoms with van der Waals surface area (Å²) in [5.41, 5.74) is 3.79. The smallest absolute Gasteiger partial charge is 0.287 e. The maximum Gasteiger partial charge on any atom is 0.287 e. The van der Waals surface area contributed by atoms with Crippen molar-refractivity contribution < 1.29 is 14.1 Å². The summed E-state index contributed by atoms with van der Waals surface area (Å²) in [5, 5.41) is 2.84. The van der Waals surface area contributed by atoms with Gasteiger partial charge in [0.15, 0.2) is 12.3 Å². The largest absolute Gasteiger partial charge is 0.483 e. The molecule has 0 aliphatic carbocycles. The third-order valence-corrected chi connectivity index (χ3v) is 6.01. The molecule has 0 bridgehead atoms. The van der Waals surface area contributed by atoms with Crippen LogP contribution in [0, 0.1) is 20.8 Å². The van der Waals surface area contributed by atoms with Crippen molar-refractivity contribution in [1.29, 1.82) is 0 Å². The zero-order valence-electron chi connectivity index (χ0n) is 18.0. The molecule has 2 aromatic heterocycles. The second kappa shape index (κ2) is 9.32. The minimum Gasteiger partial charge on any atom is -0.483 e. The van der Waals surface area contributed by atoms with E-state index in [0.717, 1.165) is 16.0 Å². The lowest BCUT2D eigenvalue weighted by Gasteiger charge is -2.11. The highest BCUT2D eigenvalue weighted by molar-refractivity contribution is 7.98. The normalized spacial score (nSPS) is 11.0. The molecule has 1 amide bonds. The SMILES string of the molecule is Cc1cc2nc(CSc3ccc(NC(=O)COc4cccc(C)c4C)cc3)cc(=O)n2o1. The summed E-state index contributed by atoms with van der Waals surface area (Å²) in [5.74, 6) is 1.67. The van der Waals surface area contributed by atoms with E-state index in [1.165, 1.54) is 10.6 Å². The highest BCUT2D eigenvalue weighted by Crippen LogP contribution is 2.24. The van der Waals surface area contributed by atoms with Gasteiger partial charge in [-0.3, -0.25) is 9.59 Å². The first kappa shape index (κ1) is 21.7. The zero-order chi connectivity index (χ0) is 22.7. The average Bonchev–Trinajstić information content (AvgIpc) is 3.15. The Kier molecular flexibility index (Phi) is 6.32. The average molecular weight is 450 g/mol. The number of amides is 1. The predicted molar refractivity (Wildman–Crippen MR) is 125 cm³/mol. The summed E-state index contributed by atoms with van der Waals surface area (Å²) >= 11 is 1.56. The maximum atomic E-state index is 12.2. The van der Waals surface area contributed by atoms with Crippen LogP contribution in [0.2, 0.25) is 0 Å². The minimum absolute atomic E-state index is 0.0576. The third kappa shape index (κ3) is 5.03. The molecule has 0 fully saturated rings. The van der Waals surface area contributed by atoms with Gasteiger partial charge in [0.25, 0.3) is 11.5 Å². The third-order valence-electron chi connectivity index (χ3n) is 4.96. The van der Waals surface area contributed by atoms with E-state index < -0.39 is 0 Å². The number of thioether (sulfide) groups is 1. The Morgan fingerprint density at radius 2 is 1.91 bits per heavy atom. The first-order valence-electron chi connectivity index (χ1n) is 10.1. The molecule has 0 unspecified atom stereocenters. The molecular formula is C24H23N3O4S.